The van der Waals surface area contributed by atoms with Gasteiger partial charge in [0.15, 0.2) is 0 Å². The van der Waals surface area contributed by atoms with E-state index >= 15 is 0 Å². The summed E-state index contributed by atoms with van der Waals surface area (Å²) in [6.07, 6.45) is 2.19. The van der Waals surface area contributed by atoms with E-state index in [1.54, 1.807) is 0 Å². The number of ether oxygens (including phenoxy) is 1. The molecule has 1 aromatic carbocycles. The third kappa shape index (κ3) is 3.55. The Balaban J connectivity index is 1.80. The Morgan fingerprint density at radius 3 is 2.89 bits per heavy atom. The zero-order chi connectivity index (χ0) is 12.8. The van der Waals surface area contributed by atoms with Gasteiger partial charge in [0.05, 0.1) is 6.61 Å². The summed E-state index contributed by atoms with van der Waals surface area (Å²) in [5.41, 5.74) is 6.75. The van der Waals surface area contributed by atoms with Gasteiger partial charge < -0.3 is 15.8 Å². The van der Waals surface area contributed by atoms with E-state index in [0.717, 1.165) is 31.6 Å². The number of nitrogens with two attached hydrogens (primary N) is 1. The van der Waals surface area contributed by atoms with Gasteiger partial charge in [0.1, 0.15) is 6.04 Å². The molecule has 3 N–H and O–H groups in total. The fourth-order valence-corrected chi connectivity index (χ4v) is 2.14. The minimum absolute atomic E-state index is 0.119. The first-order chi connectivity index (χ1) is 8.77. The molecule has 1 aliphatic heterocycles. The Labute approximate surface area is 108 Å². The lowest BCUT2D eigenvalue weighted by molar-refractivity contribution is -0.122. The summed E-state index contributed by atoms with van der Waals surface area (Å²) in [6.45, 7) is 2.23. The lowest BCUT2D eigenvalue weighted by atomic mass is 10.0. The second kappa shape index (κ2) is 6.52. The van der Waals surface area contributed by atoms with Crippen LogP contribution in [0.2, 0.25) is 0 Å². The summed E-state index contributed by atoms with van der Waals surface area (Å²) in [6, 6.07) is 8.83. The minimum atomic E-state index is -0.587. The SMILES string of the molecule is N[C@H](C(=O)NC[C@H]1CCCOC1)c1ccccc1. The van der Waals surface area contributed by atoms with Crippen molar-refractivity contribution in [3.63, 3.8) is 0 Å². The van der Waals surface area contributed by atoms with Gasteiger partial charge in [0.2, 0.25) is 5.91 Å². The Kier molecular flexibility index (Phi) is 4.73. The standard InChI is InChI=1S/C14H20N2O2/c15-13(12-6-2-1-3-7-12)14(17)16-9-11-5-4-8-18-10-11/h1-3,6-7,11,13H,4-5,8-10,15H2,(H,16,17)/t11-,13+/m1/s1. The average Bonchev–Trinajstić information content (AvgIpc) is 2.46. The molecule has 0 unspecified atom stereocenters. The number of carbonyl (C=O) groups is 1. The van der Waals surface area contributed by atoms with Gasteiger partial charge in [0, 0.05) is 13.2 Å². The number of amides is 1. The van der Waals surface area contributed by atoms with E-state index in [2.05, 4.69) is 5.32 Å². The van der Waals surface area contributed by atoms with Gasteiger partial charge in [-0.25, -0.2) is 0 Å². The van der Waals surface area contributed by atoms with Crippen molar-refractivity contribution in [3.8, 4) is 0 Å². The molecule has 0 aliphatic carbocycles. The second-order valence-electron chi connectivity index (χ2n) is 4.72. The molecule has 1 aromatic rings. The molecule has 0 saturated carbocycles. The first-order valence-corrected chi connectivity index (χ1v) is 6.43. The maximum atomic E-state index is 11.9. The summed E-state index contributed by atoms with van der Waals surface area (Å²) in [7, 11) is 0. The van der Waals surface area contributed by atoms with Crippen LogP contribution in [-0.4, -0.2) is 25.7 Å². The maximum Gasteiger partial charge on any atom is 0.241 e. The fourth-order valence-electron chi connectivity index (χ4n) is 2.14. The van der Waals surface area contributed by atoms with Gasteiger partial charge in [-0.15, -0.1) is 0 Å². The molecule has 4 heteroatoms. The largest absolute Gasteiger partial charge is 0.381 e. The van der Waals surface area contributed by atoms with E-state index in [4.69, 9.17) is 10.5 Å². The van der Waals surface area contributed by atoms with Crippen molar-refractivity contribution in [3.05, 3.63) is 35.9 Å². The highest BCUT2D eigenvalue weighted by Crippen LogP contribution is 2.13. The van der Waals surface area contributed by atoms with E-state index in [9.17, 15) is 4.79 Å². The van der Waals surface area contributed by atoms with Crippen LogP contribution in [-0.2, 0) is 9.53 Å². The molecule has 2 rings (SSSR count). The van der Waals surface area contributed by atoms with Crippen molar-refractivity contribution >= 4 is 5.91 Å². The average molecular weight is 248 g/mol. The Morgan fingerprint density at radius 1 is 1.44 bits per heavy atom. The Bertz CT molecular complexity index is 375. The molecule has 18 heavy (non-hydrogen) atoms. The van der Waals surface area contributed by atoms with Crippen LogP contribution < -0.4 is 11.1 Å². The molecular weight excluding hydrogens is 228 g/mol. The summed E-state index contributed by atoms with van der Waals surface area (Å²) in [5.74, 6) is 0.303. The topological polar surface area (TPSA) is 64.4 Å². The first-order valence-electron chi connectivity index (χ1n) is 6.43. The molecule has 4 nitrogen and oxygen atoms in total. The van der Waals surface area contributed by atoms with E-state index in [1.807, 2.05) is 30.3 Å². The third-order valence-corrected chi connectivity index (χ3v) is 3.26. The Morgan fingerprint density at radius 2 is 2.22 bits per heavy atom. The van der Waals surface area contributed by atoms with Crippen LogP contribution >= 0.6 is 0 Å². The van der Waals surface area contributed by atoms with E-state index in [1.165, 1.54) is 0 Å². The second-order valence-corrected chi connectivity index (χ2v) is 4.72. The molecule has 1 amide bonds. The maximum absolute atomic E-state index is 11.9. The fraction of sp³-hybridized carbons (Fsp3) is 0.500. The molecule has 1 aliphatic rings. The highest BCUT2D eigenvalue weighted by Gasteiger charge is 2.18. The molecule has 0 aromatic heterocycles. The molecule has 98 valence electrons. The quantitative estimate of drug-likeness (QED) is 0.842. The van der Waals surface area contributed by atoms with E-state index in [-0.39, 0.29) is 5.91 Å². The summed E-state index contributed by atoms with van der Waals surface area (Å²) < 4.78 is 5.38. The molecule has 0 radical (unpaired) electrons. The molecule has 1 saturated heterocycles. The normalized spacial score (nSPS) is 21.3. The van der Waals surface area contributed by atoms with Crippen molar-refractivity contribution in [2.75, 3.05) is 19.8 Å². The van der Waals surface area contributed by atoms with Gasteiger partial charge in [-0.2, -0.15) is 0 Å². The van der Waals surface area contributed by atoms with Crippen molar-refractivity contribution < 1.29 is 9.53 Å². The van der Waals surface area contributed by atoms with Crippen LogP contribution in [0.1, 0.15) is 24.4 Å². The van der Waals surface area contributed by atoms with Crippen LogP contribution in [0.3, 0.4) is 0 Å². The zero-order valence-electron chi connectivity index (χ0n) is 10.5. The Hall–Kier alpha value is -1.39. The lowest BCUT2D eigenvalue weighted by Gasteiger charge is -2.23. The highest BCUT2D eigenvalue weighted by atomic mass is 16.5. The summed E-state index contributed by atoms with van der Waals surface area (Å²) in [5, 5.41) is 2.91. The monoisotopic (exact) mass is 248 g/mol. The number of rotatable bonds is 4. The highest BCUT2D eigenvalue weighted by molar-refractivity contribution is 5.82. The van der Waals surface area contributed by atoms with Crippen molar-refractivity contribution in [2.45, 2.75) is 18.9 Å². The van der Waals surface area contributed by atoms with Gasteiger partial charge in [-0.3, -0.25) is 4.79 Å². The van der Waals surface area contributed by atoms with Crippen molar-refractivity contribution in [2.24, 2.45) is 11.7 Å². The van der Waals surface area contributed by atoms with Crippen LogP contribution in [0.4, 0.5) is 0 Å². The number of nitrogens with one attached hydrogen (secondary N) is 1. The van der Waals surface area contributed by atoms with Gasteiger partial charge in [-0.1, -0.05) is 30.3 Å². The van der Waals surface area contributed by atoms with Crippen molar-refractivity contribution in [1.29, 1.82) is 0 Å². The molecule has 0 bridgehead atoms. The third-order valence-electron chi connectivity index (χ3n) is 3.26. The van der Waals surface area contributed by atoms with Gasteiger partial charge in [0.25, 0.3) is 0 Å². The van der Waals surface area contributed by atoms with Crippen molar-refractivity contribution in [1.82, 2.24) is 5.32 Å². The predicted molar refractivity (Wildman–Crippen MR) is 69.9 cm³/mol. The number of benzene rings is 1. The summed E-state index contributed by atoms with van der Waals surface area (Å²) in [4.78, 5) is 11.9. The first kappa shape index (κ1) is 13.1. The minimum Gasteiger partial charge on any atom is -0.381 e. The number of hydrogen-bond acceptors (Lipinski definition) is 3. The lowest BCUT2D eigenvalue weighted by Crippen LogP contribution is -2.38. The number of hydrogen-bond donors (Lipinski definition) is 2. The smallest absolute Gasteiger partial charge is 0.241 e. The van der Waals surface area contributed by atoms with Crippen LogP contribution in [0.5, 0.6) is 0 Å². The molecular formula is C14H20N2O2. The van der Waals surface area contributed by atoms with Gasteiger partial charge >= 0.3 is 0 Å². The molecule has 0 spiro atoms. The summed E-state index contributed by atoms with van der Waals surface area (Å²) >= 11 is 0. The van der Waals surface area contributed by atoms with Crippen LogP contribution in [0.25, 0.3) is 0 Å². The van der Waals surface area contributed by atoms with Crippen LogP contribution in [0, 0.1) is 5.92 Å². The molecule has 2 atom stereocenters. The molecule has 1 heterocycles. The van der Waals surface area contributed by atoms with Gasteiger partial charge in [-0.05, 0) is 24.3 Å². The van der Waals surface area contributed by atoms with E-state index in [0.29, 0.717) is 12.5 Å². The zero-order valence-corrected chi connectivity index (χ0v) is 10.5. The van der Waals surface area contributed by atoms with E-state index < -0.39 is 6.04 Å². The number of carbonyl (C=O) groups excluding carboxylic acids is 1. The van der Waals surface area contributed by atoms with Crippen LogP contribution in [0.15, 0.2) is 30.3 Å². The predicted octanol–water partition coefficient (Wildman–Crippen LogP) is 1.23. The molecule has 1 fully saturated rings.